The number of amides is 1. The van der Waals surface area contributed by atoms with Gasteiger partial charge in [0.15, 0.2) is 5.76 Å². The third kappa shape index (κ3) is 5.17. The summed E-state index contributed by atoms with van der Waals surface area (Å²) in [6.07, 6.45) is 4.55. The zero-order valence-corrected chi connectivity index (χ0v) is 18.6. The highest BCUT2D eigenvalue weighted by Gasteiger charge is 2.17. The standard InChI is InChI=1S/C21H23N3O4S2/c1-4-15-7-6-8-16(13-15)24-30(26,27)20-12-10-17(29-20)9-11-18-21(14(3)23-28-18)22-19(25)5-2/h6-13,24H,4-5H2,1-3H3,(H,22,25). The predicted molar refractivity (Wildman–Crippen MR) is 120 cm³/mol. The first kappa shape index (κ1) is 21.8. The van der Waals surface area contributed by atoms with Gasteiger partial charge in [0.1, 0.15) is 15.6 Å². The van der Waals surface area contributed by atoms with Crippen LogP contribution in [-0.4, -0.2) is 19.5 Å². The minimum absolute atomic E-state index is 0.140. The number of carbonyl (C=O) groups is 1. The van der Waals surface area contributed by atoms with E-state index in [-0.39, 0.29) is 10.1 Å². The van der Waals surface area contributed by atoms with Crippen molar-refractivity contribution in [3.05, 3.63) is 58.3 Å². The summed E-state index contributed by atoms with van der Waals surface area (Å²) in [5, 5.41) is 6.64. The van der Waals surface area contributed by atoms with Crippen molar-refractivity contribution in [2.75, 3.05) is 10.0 Å². The minimum Gasteiger partial charge on any atom is -0.354 e. The number of rotatable bonds is 8. The van der Waals surface area contributed by atoms with Crippen molar-refractivity contribution in [1.29, 1.82) is 0 Å². The van der Waals surface area contributed by atoms with Crippen molar-refractivity contribution in [3.8, 4) is 0 Å². The van der Waals surface area contributed by atoms with E-state index >= 15 is 0 Å². The molecule has 9 heteroatoms. The maximum atomic E-state index is 12.7. The molecule has 0 atom stereocenters. The number of carbonyl (C=O) groups excluding carboxylic acids is 1. The van der Waals surface area contributed by atoms with Crippen LogP contribution in [0.1, 0.15) is 42.2 Å². The topological polar surface area (TPSA) is 101 Å². The summed E-state index contributed by atoms with van der Waals surface area (Å²) in [6.45, 7) is 5.51. The lowest BCUT2D eigenvalue weighted by Gasteiger charge is -2.07. The molecule has 0 spiro atoms. The van der Waals surface area contributed by atoms with Gasteiger partial charge in [-0.2, -0.15) is 0 Å². The molecule has 0 radical (unpaired) electrons. The molecule has 0 aliphatic heterocycles. The number of hydrogen-bond donors (Lipinski definition) is 2. The van der Waals surface area contributed by atoms with Crippen LogP contribution in [0, 0.1) is 6.92 Å². The lowest BCUT2D eigenvalue weighted by molar-refractivity contribution is -0.115. The zero-order valence-electron chi connectivity index (χ0n) is 16.9. The molecule has 0 saturated heterocycles. The van der Waals surface area contributed by atoms with Crippen LogP contribution in [0.5, 0.6) is 0 Å². The highest BCUT2D eigenvalue weighted by molar-refractivity contribution is 7.94. The molecule has 0 aliphatic rings. The summed E-state index contributed by atoms with van der Waals surface area (Å²) in [4.78, 5) is 12.4. The largest absolute Gasteiger partial charge is 0.354 e. The highest BCUT2D eigenvalue weighted by Crippen LogP contribution is 2.28. The van der Waals surface area contributed by atoms with Gasteiger partial charge in [-0.3, -0.25) is 9.52 Å². The van der Waals surface area contributed by atoms with E-state index in [4.69, 9.17) is 4.52 Å². The molecular weight excluding hydrogens is 422 g/mol. The molecule has 30 heavy (non-hydrogen) atoms. The molecule has 2 aromatic heterocycles. The fourth-order valence-electron chi connectivity index (χ4n) is 2.67. The second-order valence-electron chi connectivity index (χ2n) is 6.56. The van der Waals surface area contributed by atoms with Gasteiger partial charge in [-0.25, -0.2) is 8.42 Å². The van der Waals surface area contributed by atoms with Gasteiger partial charge < -0.3 is 9.84 Å². The first-order valence-corrected chi connectivity index (χ1v) is 11.8. The van der Waals surface area contributed by atoms with Crippen LogP contribution >= 0.6 is 11.3 Å². The normalized spacial score (nSPS) is 11.7. The number of benzene rings is 1. The molecule has 0 bridgehead atoms. The number of nitrogens with zero attached hydrogens (tertiary/aromatic N) is 1. The van der Waals surface area contributed by atoms with Crippen molar-refractivity contribution in [3.63, 3.8) is 0 Å². The van der Waals surface area contributed by atoms with E-state index in [2.05, 4.69) is 15.2 Å². The lowest BCUT2D eigenvalue weighted by Crippen LogP contribution is -2.11. The average molecular weight is 446 g/mol. The van der Waals surface area contributed by atoms with E-state index in [1.165, 1.54) is 0 Å². The number of nitrogens with one attached hydrogen (secondary N) is 2. The maximum Gasteiger partial charge on any atom is 0.271 e. The second-order valence-corrected chi connectivity index (χ2v) is 9.58. The summed E-state index contributed by atoms with van der Waals surface area (Å²) in [5.41, 5.74) is 2.68. The molecule has 0 unspecified atom stereocenters. The van der Waals surface area contributed by atoms with Crippen LogP contribution in [0.15, 0.2) is 45.1 Å². The number of anilines is 2. The smallest absolute Gasteiger partial charge is 0.271 e. The molecule has 158 valence electrons. The Kier molecular flexibility index (Phi) is 6.73. The Balaban J connectivity index is 1.77. The van der Waals surface area contributed by atoms with Crippen molar-refractivity contribution in [2.45, 2.75) is 37.8 Å². The summed E-state index contributed by atoms with van der Waals surface area (Å²) in [7, 11) is -3.68. The summed E-state index contributed by atoms with van der Waals surface area (Å²) < 4.78 is 33.5. The fourth-order valence-corrected chi connectivity index (χ4v) is 4.95. The lowest BCUT2D eigenvalue weighted by atomic mass is 10.1. The zero-order chi connectivity index (χ0) is 21.7. The van der Waals surface area contributed by atoms with E-state index < -0.39 is 10.0 Å². The van der Waals surface area contributed by atoms with Crippen LogP contribution < -0.4 is 10.0 Å². The van der Waals surface area contributed by atoms with Crippen LogP contribution in [0.2, 0.25) is 0 Å². The third-order valence-electron chi connectivity index (χ3n) is 4.33. The van der Waals surface area contributed by atoms with E-state index in [9.17, 15) is 13.2 Å². The molecule has 3 rings (SSSR count). The predicted octanol–water partition coefficient (Wildman–Crippen LogP) is 4.93. The van der Waals surface area contributed by atoms with Crippen molar-refractivity contribution < 1.29 is 17.7 Å². The number of aromatic nitrogens is 1. The number of aryl methyl sites for hydroxylation is 2. The first-order chi connectivity index (χ1) is 14.3. The Bertz CT molecular complexity index is 1180. The van der Waals surface area contributed by atoms with Crippen LogP contribution in [0.3, 0.4) is 0 Å². The van der Waals surface area contributed by atoms with Gasteiger partial charge in [-0.05, 0) is 55.3 Å². The number of thiophene rings is 1. The van der Waals surface area contributed by atoms with Crippen molar-refractivity contribution in [1.82, 2.24) is 5.16 Å². The maximum absolute atomic E-state index is 12.7. The monoisotopic (exact) mass is 445 g/mol. The molecule has 1 aromatic carbocycles. The van der Waals surface area contributed by atoms with Gasteiger partial charge in [0, 0.05) is 17.0 Å². The van der Waals surface area contributed by atoms with Crippen molar-refractivity contribution >= 4 is 50.8 Å². The third-order valence-corrected chi connectivity index (χ3v) is 7.25. The Morgan fingerprint density at radius 3 is 2.73 bits per heavy atom. The average Bonchev–Trinajstić information content (AvgIpc) is 3.34. The van der Waals surface area contributed by atoms with Gasteiger partial charge in [-0.1, -0.05) is 31.1 Å². The van der Waals surface area contributed by atoms with Crippen LogP contribution in [0.4, 0.5) is 11.4 Å². The highest BCUT2D eigenvalue weighted by atomic mass is 32.2. The van der Waals surface area contributed by atoms with Gasteiger partial charge in [0.25, 0.3) is 10.0 Å². The summed E-state index contributed by atoms with van der Waals surface area (Å²) in [6, 6.07) is 10.6. The van der Waals surface area contributed by atoms with E-state index in [1.807, 2.05) is 25.1 Å². The molecule has 7 nitrogen and oxygen atoms in total. The van der Waals surface area contributed by atoms with Crippen molar-refractivity contribution in [2.24, 2.45) is 0 Å². The fraction of sp³-hybridized carbons (Fsp3) is 0.238. The molecule has 0 saturated carbocycles. The van der Waals surface area contributed by atoms with Gasteiger partial charge in [0.2, 0.25) is 5.91 Å². The number of hydrogen-bond acceptors (Lipinski definition) is 6. The SMILES string of the molecule is CCC(=O)Nc1c(C)noc1C=Cc1ccc(S(=O)(=O)Nc2cccc(CC)c2)s1. The van der Waals surface area contributed by atoms with Gasteiger partial charge in [0.05, 0.1) is 0 Å². The summed E-state index contributed by atoms with van der Waals surface area (Å²) >= 11 is 1.13. The van der Waals surface area contributed by atoms with E-state index in [0.29, 0.717) is 29.2 Å². The van der Waals surface area contributed by atoms with Crippen LogP contribution in [-0.2, 0) is 21.2 Å². The molecule has 0 aliphatic carbocycles. The molecule has 1 amide bonds. The van der Waals surface area contributed by atoms with Gasteiger partial charge in [-0.15, -0.1) is 11.3 Å². The molecule has 3 aromatic rings. The summed E-state index contributed by atoms with van der Waals surface area (Å²) in [5.74, 6) is 0.264. The molecule has 2 heterocycles. The van der Waals surface area contributed by atoms with E-state index in [0.717, 1.165) is 28.2 Å². The first-order valence-electron chi connectivity index (χ1n) is 9.48. The van der Waals surface area contributed by atoms with Crippen LogP contribution in [0.25, 0.3) is 12.2 Å². The van der Waals surface area contributed by atoms with Gasteiger partial charge >= 0.3 is 0 Å². The quantitative estimate of drug-likeness (QED) is 0.512. The van der Waals surface area contributed by atoms with E-state index in [1.54, 1.807) is 44.2 Å². The molecule has 2 N–H and O–H groups in total. The molecule has 0 fully saturated rings. The minimum atomic E-state index is -3.68. The number of sulfonamides is 1. The Morgan fingerprint density at radius 1 is 1.20 bits per heavy atom. The second kappa shape index (κ2) is 9.27. The Hall–Kier alpha value is -2.91. The molecular formula is C21H23N3O4S2. The Morgan fingerprint density at radius 2 is 2.00 bits per heavy atom. The Labute approximate surface area is 179 Å².